The van der Waals surface area contributed by atoms with E-state index in [9.17, 15) is 5.11 Å². The Balaban J connectivity index is 2.70. The van der Waals surface area contributed by atoms with E-state index in [-0.39, 0.29) is 5.54 Å². The lowest BCUT2D eigenvalue weighted by Gasteiger charge is -2.39. The summed E-state index contributed by atoms with van der Waals surface area (Å²) in [6, 6.07) is 1.02. The zero-order chi connectivity index (χ0) is 9.35. The van der Waals surface area contributed by atoms with Gasteiger partial charge in [-0.1, -0.05) is 0 Å². The van der Waals surface area contributed by atoms with Crippen molar-refractivity contribution in [1.82, 2.24) is 4.90 Å². The third-order valence-electron chi connectivity index (χ3n) is 2.77. The van der Waals surface area contributed by atoms with Gasteiger partial charge < -0.3 is 5.11 Å². The van der Waals surface area contributed by atoms with Crippen LogP contribution in [0.3, 0.4) is 0 Å². The highest BCUT2D eigenvalue weighted by molar-refractivity contribution is 4.92. The van der Waals surface area contributed by atoms with E-state index >= 15 is 0 Å². The van der Waals surface area contributed by atoms with Gasteiger partial charge in [0.05, 0.1) is 6.61 Å². The van der Waals surface area contributed by atoms with Crippen molar-refractivity contribution in [2.45, 2.75) is 58.2 Å². The van der Waals surface area contributed by atoms with Crippen LogP contribution in [0.25, 0.3) is 0 Å². The largest absolute Gasteiger partial charge is 0.395 e. The standard InChI is InChI=1S/C10H21NO/c1-8-5-6-9(7-12)11(8)10(2,3)4/h8-9,12H,5-7H2,1-4H3/t8-,9+/m0/s1. The normalized spacial score (nSPS) is 32.8. The Bertz CT molecular complexity index is 150. The molecule has 1 fully saturated rings. The van der Waals surface area contributed by atoms with Crippen molar-refractivity contribution in [3.8, 4) is 0 Å². The van der Waals surface area contributed by atoms with E-state index < -0.39 is 0 Å². The minimum Gasteiger partial charge on any atom is -0.395 e. The highest BCUT2D eigenvalue weighted by Gasteiger charge is 2.36. The number of aliphatic hydroxyl groups is 1. The molecule has 2 atom stereocenters. The van der Waals surface area contributed by atoms with Gasteiger partial charge >= 0.3 is 0 Å². The van der Waals surface area contributed by atoms with Gasteiger partial charge in [0.25, 0.3) is 0 Å². The molecule has 0 aliphatic carbocycles. The van der Waals surface area contributed by atoms with Crippen molar-refractivity contribution >= 4 is 0 Å². The number of nitrogens with zero attached hydrogens (tertiary/aromatic N) is 1. The molecule has 0 aromatic heterocycles. The van der Waals surface area contributed by atoms with Gasteiger partial charge in [-0.2, -0.15) is 0 Å². The maximum Gasteiger partial charge on any atom is 0.0587 e. The minimum atomic E-state index is 0.198. The summed E-state index contributed by atoms with van der Waals surface area (Å²) >= 11 is 0. The molecule has 0 spiro atoms. The lowest BCUT2D eigenvalue weighted by atomic mass is 10.0. The third-order valence-corrected chi connectivity index (χ3v) is 2.77. The molecule has 0 aromatic rings. The molecule has 0 unspecified atom stereocenters. The first-order valence-corrected chi connectivity index (χ1v) is 4.86. The molecule has 1 aliphatic rings. The summed E-state index contributed by atoms with van der Waals surface area (Å²) in [5.41, 5.74) is 0.198. The molecule has 0 radical (unpaired) electrons. The van der Waals surface area contributed by atoms with Gasteiger partial charge in [-0.15, -0.1) is 0 Å². The van der Waals surface area contributed by atoms with E-state index in [1.54, 1.807) is 0 Å². The number of hydrogen-bond acceptors (Lipinski definition) is 2. The highest BCUT2D eigenvalue weighted by atomic mass is 16.3. The van der Waals surface area contributed by atoms with Crippen LogP contribution >= 0.6 is 0 Å². The van der Waals surface area contributed by atoms with E-state index in [2.05, 4.69) is 32.6 Å². The van der Waals surface area contributed by atoms with Crippen LogP contribution in [0.1, 0.15) is 40.5 Å². The molecule has 2 heteroatoms. The van der Waals surface area contributed by atoms with E-state index in [0.717, 1.165) is 6.42 Å². The Kier molecular flexibility index (Phi) is 2.79. The molecule has 1 rings (SSSR count). The number of aliphatic hydroxyl groups excluding tert-OH is 1. The van der Waals surface area contributed by atoms with E-state index in [1.165, 1.54) is 6.42 Å². The topological polar surface area (TPSA) is 23.5 Å². The molecule has 1 aliphatic heterocycles. The van der Waals surface area contributed by atoms with Crippen molar-refractivity contribution in [2.75, 3.05) is 6.61 Å². The lowest BCUT2D eigenvalue weighted by molar-refractivity contribution is 0.0521. The summed E-state index contributed by atoms with van der Waals surface area (Å²) < 4.78 is 0. The predicted molar refractivity (Wildman–Crippen MR) is 51.2 cm³/mol. The molecule has 0 aromatic carbocycles. The number of likely N-dealkylation sites (tertiary alicyclic amines) is 1. The van der Waals surface area contributed by atoms with Gasteiger partial charge in [-0.05, 0) is 40.5 Å². The van der Waals surface area contributed by atoms with E-state index in [1.807, 2.05) is 0 Å². The smallest absolute Gasteiger partial charge is 0.0587 e. The van der Waals surface area contributed by atoms with Gasteiger partial charge in [0.2, 0.25) is 0 Å². The van der Waals surface area contributed by atoms with Gasteiger partial charge in [0.1, 0.15) is 0 Å². The fourth-order valence-electron chi connectivity index (χ4n) is 2.46. The van der Waals surface area contributed by atoms with Crippen LogP contribution in [-0.4, -0.2) is 34.2 Å². The quantitative estimate of drug-likeness (QED) is 0.648. The van der Waals surface area contributed by atoms with Crippen molar-refractivity contribution in [2.24, 2.45) is 0 Å². The second-order valence-corrected chi connectivity index (χ2v) is 4.84. The van der Waals surface area contributed by atoms with Gasteiger partial charge in [-0.3, -0.25) is 4.90 Å². The first kappa shape index (κ1) is 10.0. The van der Waals surface area contributed by atoms with Crippen LogP contribution < -0.4 is 0 Å². The molecule has 12 heavy (non-hydrogen) atoms. The first-order valence-electron chi connectivity index (χ1n) is 4.86. The van der Waals surface area contributed by atoms with E-state index in [0.29, 0.717) is 18.7 Å². The molecule has 0 bridgehead atoms. The average molecular weight is 171 g/mol. The summed E-state index contributed by atoms with van der Waals surface area (Å²) in [6.07, 6.45) is 2.37. The summed E-state index contributed by atoms with van der Waals surface area (Å²) in [4.78, 5) is 2.44. The Hall–Kier alpha value is -0.0800. The van der Waals surface area contributed by atoms with Gasteiger partial charge in [0, 0.05) is 17.6 Å². The molecule has 1 N–H and O–H groups in total. The zero-order valence-electron chi connectivity index (χ0n) is 8.67. The Morgan fingerprint density at radius 3 is 2.25 bits per heavy atom. The van der Waals surface area contributed by atoms with Crippen molar-refractivity contribution < 1.29 is 5.11 Å². The molecule has 0 saturated carbocycles. The van der Waals surface area contributed by atoms with Gasteiger partial charge in [0.15, 0.2) is 0 Å². The molecular formula is C10H21NO. The monoisotopic (exact) mass is 171 g/mol. The van der Waals surface area contributed by atoms with Gasteiger partial charge in [-0.25, -0.2) is 0 Å². The fourth-order valence-corrected chi connectivity index (χ4v) is 2.46. The molecule has 1 heterocycles. The summed E-state index contributed by atoms with van der Waals surface area (Å²) in [6.45, 7) is 9.22. The molecule has 2 nitrogen and oxygen atoms in total. The van der Waals surface area contributed by atoms with Crippen LogP contribution in [0.15, 0.2) is 0 Å². The summed E-state index contributed by atoms with van der Waals surface area (Å²) in [5, 5.41) is 9.18. The van der Waals surface area contributed by atoms with Crippen molar-refractivity contribution in [3.63, 3.8) is 0 Å². The summed E-state index contributed by atoms with van der Waals surface area (Å²) in [5.74, 6) is 0. The fraction of sp³-hybridized carbons (Fsp3) is 1.00. The zero-order valence-corrected chi connectivity index (χ0v) is 8.67. The molecule has 1 saturated heterocycles. The lowest BCUT2D eigenvalue weighted by Crippen LogP contribution is -2.49. The van der Waals surface area contributed by atoms with Crippen LogP contribution in [0, 0.1) is 0 Å². The number of rotatable bonds is 1. The van der Waals surface area contributed by atoms with Crippen LogP contribution in [-0.2, 0) is 0 Å². The van der Waals surface area contributed by atoms with Crippen LogP contribution in [0.2, 0.25) is 0 Å². The Labute approximate surface area is 75.6 Å². The minimum absolute atomic E-state index is 0.198. The SMILES string of the molecule is C[C@H]1CC[C@H](CO)N1C(C)(C)C. The highest BCUT2D eigenvalue weighted by Crippen LogP contribution is 2.30. The molecule has 0 amide bonds. The maximum atomic E-state index is 9.18. The molecular weight excluding hydrogens is 150 g/mol. The van der Waals surface area contributed by atoms with E-state index in [4.69, 9.17) is 0 Å². The molecule has 72 valence electrons. The van der Waals surface area contributed by atoms with Crippen LogP contribution in [0.4, 0.5) is 0 Å². The van der Waals surface area contributed by atoms with Crippen molar-refractivity contribution in [1.29, 1.82) is 0 Å². The third kappa shape index (κ3) is 1.80. The van der Waals surface area contributed by atoms with Crippen molar-refractivity contribution in [3.05, 3.63) is 0 Å². The van der Waals surface area contributed by atoms with Crippen LogP contribution in [0.5, 0.6) is 0 Å². The second-order valence-electron chi connectivity index (χ2n) is 4.84. The Morgan fingerprint density at radius 1 is 1.33 bits per heavy atom. The predicted octanol–water partition coefficient (Wildman–Crippen LogP) is 1.63. The first-order chi connectivity index (χ1) is 5.46. The second kappa shape index (κ2) is 3.35. The maximum absolute atomic E-state index is 9.18. The summed E-state index contributed by atoms with van der Waals surface area (Å²) in [7, 11) is 0. The number of hydrogen-bond donors (Lipinski definition) is 1. The Morgan fingerprint density at radius 2 is 1.92 bits per heavy atom. The average Bonchev–Trinajstić information content (AvgIpc) is 2.29.